The Morgan fingerprint density at radius 2 is 1.64 bits per heavy atom. The summed E-state index contributed by atoms with van der Waals surface area (Å²) in [7, 11) is 0. The molecule has 5 atom stereocenters. The minimum atomic E-state index is -0.908. The van der Waals surface area contributed by atoms with Gasteiger partial charge in [0, 0.05) is 0 Å². The summed E-state index contributed by atoms with van der Waals surface area (Å²) in [5.74, 6) is -2.04. The molecule has 0 saturated carbocycles. The van der Waals surface area contributed by atoms with E-state index in [2.05, 4.69) is 15.5 Å². The molecule has 1 amide bonds. The second-order valence-corrected chi connectivity index (χ2v) is 8.39. The molecule has 3 fully saturated rings. The monoisotopic (exact) mass is 371 g/mol. The van der Waals surface area contributed by atoms with Gasteiger partial charge in [0.2, 0.25) is 5.13 Å². The highest BCUT2D eigenvalue weighted by atomic mass is 32.1. The zero-order valence-electron chi connectivity index (χ0n) is 14.6. The first-order chi connectivity index (χ1) is 11.6. The van der Waals surface area contributed by atoms with Gasteiger partial charge in [-0.05, 0) is 34.6 Å². The normalized spacial score (nSPS) is 38.2. The van der Waals surface area contributed by atoms with Crippen molar-refractivity contribution in [1.29, 1.82) is 0 Å². The Kier molecular flexibility index (Phi) is 3.91. The quantitative estimate of drug-likeness (QED) is 0.827. The Morgan fingerprint density at radius 1 is 1.00 bits per heavy atom. The van der Waals surface area contributed by atoms with Gasteiger partial charge in [0.1, 0.15) is 23.3 Å². The molecular weight excluding hydrogens is 350 g/mol. The molecule has 138 valence electrons. The van der Waals surface area contributed by atoms with E-state index in [-0.39, 0.29) is 5.91 Å². The van der Waals surface area contributed by atoms with Crippen molar-refractivity contribution in [1.82, 2.24) is 10.2 Å². The summed E-state index contributed by atoms with van der Waals surface area (Å²) in [5.41, 5.74) is 0. The number of fused-ring (bicyclic) bond motifs is 3. The maximum absolute atomic E-state index is 12.8. The minimum Gasteiger partial charge on any atom is -0.342 e. The lowest BCUT2D eigenvalue weighted by Gasteiger charge is -2.36. The van der Waals surface area contributed by atoms with Crippen molar-refractivity contribution in [2.24, 2.45) is 0 Å². The van der Waals surface area contributed by atoms with Crippen LogP contribution < -0.4 is 5.32 Å². The molecule has 3 aliphatic heterocycles. The molecule has 0 bridgehead atoms. The largest absolute Gasteiger partial charge is 0.342 e. The summed E-state index contributed by atoms with van der Waals surface area (Å²) >= 11 is 1.29. The highest BCUT2D eigenvalue weighted by Crippen LogP contribution is 2.44. The van der Waals surface area contributed by atoms with Gasteiger partial charge < -0.3 is 23.7 Å². The van der Waals surface area contributed by atoms with E-state index in [9.17, 15) is 4.79 Å². The van der Waals surface area contributed by atoms with Gasteiger partial charge in [-0.15, -0.1) is 10.2 Å². The molecule has 1 aromatic rings. The third-order valence-corrected chi connectivity index (χ3v) is 4.92. The Balaban J connectivity index is 1.58. The van der Waals surface area contributed by atoms with Gasteiger partial charge in [-0.2, -0.15) is 0 Å². The second-order valence-electron chi connectivity index (χ2n) is 7.21. The number of hydrogen-bond donors (Lipinski definition) is 1. The fourth-order valence-electron chi connectivity index (χ4n) is 3.35. The Morgan fingerprint density at radius 3 is 2.32 bits per heavy atom. The molecule has 4 rings (SSSR count). The summed E-state index contributed by atoms with van der Waals surface area (Å²) in [4.78, 5) is 12.8. The summed E-state index contributed by atoms with van der Waals surface area (Å²) in [6.07, 6.45) is -3.16. The van der Waals surface area contributed by atoms with Crippen LogP contribution in [0.1, 0.15) is 32.7 Å². The molecule has 3 aliphatic rings. The van der Waals surface area contributed by atoms with Crippen LogP contribution in [0.3, 0.4) is 0 Å². The van der Waals surface area contributed by atoms with Crippen LogP contribution in [0.15, 0.2) is 0 Å². The van der Waals surface area contributed by atoms with Crippen LogP contribution in [0.2, 0.25) is 0 Å². The molecule has 3 saturated heterocycles. The van der Waals surface area contributed by atoms with Gasteiger partial charge in [0.25, 0.3) is 5.91 Å². The topological polar surface area (TPSA) is 101 Å². The molecule has 1 aromatic heterocycles. The average molecular weight is 371 g/mol. The van der Waals surface area contributed by atoms with Gasteiger partial charge in [-0.3, -0.25) is 10.1 Å². The number of nitrogens with one attached hydrogen (secondary N) is 1. The smallest absolute Gasteiger partial charge is 0.258 e. The number of aromatic nitrogens is 2. The molecule has 10 heteroatoms. The molecular formula is C15H21N3O6S. The molecule has 4 heterocycles. The number of anilines is 1. The lowest BCUT2D eigenvalue weighted by molar-refractivity contribution is -0.229. The highest BCUT2D eigenvalue weighted by molar-refractivity contribution is 7.15. The van der Waals surface area contributed by atoms with Gasteiger partial charge in [-0.1, -0.05) is 11.3 Å². The van der Waals surface area contributed by atoms with Crippen molar-refractivity contribution in [2.75, 3.05) is 5.32 Å². The molecule has 0 aliphatic carbocycles. The van der Waals surface area contributed by atoms with E-state index in [1.54, 1.807) is 27.7 Å². The molecule has 0 aromatic carbocycles. The first-order valence-electron chi connectivity index (χ1n) is 8.11. The van der Waals surface area contributed by atoms with Crippen LogP contribution in [0.25, 0.3) is 0 Å². The van der Waals surface area contributed by atoms with Gasteiger partial charge in [0.15, 0.2) is 24.0 Å². The predicted molar refractivity (Wildman–Crippen MR) is 85.8 cm³/mol. The van der Waals surface area contributed by atoms with Gasteiger partial charge in [0.05, 0.1) is 0 Å². The van der Waals surface area contributed by atoms with Crippen LogP contribution in [0.4, 0.5) is 5.13 Å². The molecule has 0 spiro atoms. The molecule has 25 heavy (non-hydrogen) atoms. The lowest BCUT2D eigenvalue weighted by Crippen LogP contribution is -2.58. The van der Waals surface area contributed by atoms with Crippen molar-refractivity contribution >= 4 is 22.4 Å². The second kappa shape index (κ2) is 5.66. The van der Waals surface area contributed by atoms with E-state index in [1.165, 1.54) is 11.3 Å². The number of nitrogens with zero attached hydrogens (tertiary/aromatic N) is 2. The first-order valence-corrected chi connectivity index (χ1v) is 8.93. The fraction of sp³-hybridized carbons (Fsp3) is 0.800. The van der Waals surface area contributed by atoms with Crippen molar-refractivity contribution in [2.45, 2.75) is 76.9 Å². The highest BCUT2D eigenvalue weighted by Gasteiger charge is 2.62. The van der Waals surface area contributed by atoms with Crippen molar-refractivity contribution in [3.8, 4) is 0 Å². The number of amides is 1. The third kappa shape index (κ3) is 3.18. The van der Waals surface area contributed by atoms with Crippen molar-refractivity contribution < 1.29 is 28.5 Å². The molecule has 0 unspecified atom stereocenters. The van der Waals surface area contributed by atoms with E-state index in [0.29, 0.717) is 5.13 Å². The number of rotatable bonds is 2. The Labute approximate surface area is 148 Å². The lowest BCUT2D eigenvalue weighted by atomic mass is 9.98. The van der Waals surface area contributed by atoms with E-state index in [4.69, 9.17) is 23.7 Å². The van der Waals surface area contributed by atoms with Crippen LogP contribution in [-0.4, -0.2) is 58.4 Å². The molecule has 0 radical (unpaired) electrons. The average Bonchev–Trinajstić information content (AvgIpc) is 3.11. The first kappa shape index (κ1) is 17.3. The third-order valence-electron chi connectivity index (χ3n) is 4.17. The van der Waals surface area contributed by atoms with E-state index >= 15 is 0 Å². The van der Waals surface area contributed by atoms with E-state index in [1.807, 2.05) is 6.92 Å². The van der Waals surface area contributed by atoms with E-state index < -0.39 is 42.3 Å². The summed E-state index contributed by atoms with van der Waals surface area (Å²) in [6, 6.07) is 0. The van der Waals surface area contributed by atoms with Crippen molar-refractivity contribution in [3.05, 3.63) is 5.01 Å². The number of hydrogen-bond acceptors (Lipinski definition) is 9. The van der Waals surface area contributed by atoms with Gasteiger partial charge >= 0.3 is 0 Å². The fourth-order valence-corrected chi connectivity index (χ4v) is 3.94. The number of carbonyl (C=O) groups excluding carboxylic acids is 1. The maximum atomic E-state index is 12.8. The summed E-state index contributed by atoms with van der Waals surface area (Å²) in [5, 5.41) is 11.7. The summed E-state index contributed by atoms with van der Waals surface area (Å²) < 4.78 is 29.5. The molecule has 1 N–H and O–H groups in total. The van der Waals surface area contributed by atoms with Crippen LogP contribution in [0.5, 0.6) is 0 Å². The van der Waals surface area contributed by atoms with Crippen LogP contribution in [-0.2, 0) is 28.5 Å². The number of aryl methyl sites for hydroxylation is 1. The predicted octanol–water partition coefficient (Wildman–Crippen LogP) is 1.18. The van der Waals surface area contributed by atoms with Gasteiger partial charge in [-0.25, -0.2) is 0 Å². The Hall–Kier alpha value is -1.17. The standard InChI is InChI=1S/C15H21N3O6S/c1-6-17-18-13(25-6)16-11(19)9-7-8(22-14(2,3)21-7)10-12(20-9)24-15(4,5)23-10/h7-10,12H,1-5H3,(H,16,18,19)/t7-,8-,9+,10+,12-/m0/s1. The van der Waals surface area contributed by atoms with Crippen LogP contribution in [0, 0.1) is 6.92 Å². The van der Waals surface area contributed by atoms with Crippen molar-refractivity contribution in [3.63, 3.8) is 0 Å². The summed E-state index contributed by atoms with van der Waals surface area (Å²) in [6.45, 7) is 9.00. The minimum absolute atomic E-state index is 0.376. The number of ether oxygens (including phenoxy) is 5. The zero-order chi connectivity index (χ0) is 18.0. The number of carbonyl (C=O) groups is 1. The van der Waals surface area contributed by atoms with Crippen LogP contribution >= 0.6 is 11.3 Å². The molecule has 9 nitrogen and oxygen atoms in total. The Bertz CT molecular complexity index is 693. The zero-order valence-corrected chi connectivity index (χ0v) is 15.5. The maximum Gasteiger partial charge on any atom is 0.258 e. The SMILES string of the molecule is Cc1nnc(NC(=O)[C@@H]2O[C@H]3OC(C)(C)O[C@@H]3[C@H]3OC(C)(C)O[C@@H]32)s1. The van der Waals surface area contributed by atoms with E-state index in [0.717, 1.165) is 5.01 Å².